The molecule has 2 aromatic heterocycles. The lowest BCUT2D eigenvalue weighted by Gasteiger charge is -2.10. The lowest BCUT2D eigenvalue weighted by Crippen LogP contribution is -2.09. The summed E-state index contributed by atoms with van der Waals surface area (Å²) < 4.78 is 13.3. The number of anilines is 1. The largest absolute Gasteiger partial charge is 0.617 e. The average molecular weight is 280 g/mol. The Kier molecular flexibility index (Phi) is 4.01. The Balaban J connectivity index is 2.45. The van der Waals surface area contributed by atoms with E-state index in [0.717, 1.165) is 41.1 Å². The molecular formula is C13H20N4OS. The van der Waals surface area contributed by atoms with E-state index in [1.54, 1.807) is 6.26 Å². The topological polar surface area (TPSA) is 79.8 Å². The monoisotopic (exact) mass is 280 g/mol. The smallest absolute Gasteiger partial charge is 0.151 e. The van der Waals surface area contributed by atoms with Crippen LogP contribution in [0.2, 0.25) is 0 Å². The molecule has 1 unspecified atom stereocenters. The van der Waals surface area contributed by atoms with Crippen LogP contribution < -0.4 is 5.73 Å². The molecule has 0 radical (unpaired) electrons. The first-order valence-electron chi connectivity index (χ1n) is 6.31. The summed E-state index contributed by atoms with van der Waals surface area (Å²) in [7, 11) is 0. The van der Waals surface area contributed by atoms with Crippen molar-refractivity contribution in [3.8, 4) is 0 Å². The number of nitrogens with zero attached hydrogens (tertiary/aromatic N) is 3. The number of pyridine rings is 1. The fraction of sp³-hybridized carbons (Fsp3) is 0.538. The van der Waals surface area contributed by atoms with E-state index in [0.29, 0.717) is 11.6 Å². The Bertz CT molecular complexity index is 606. The van der Waals surface area contributed by atoms with Crippen molar-refractivity contribution < 1.29 is 4.55 Å². The van der Waals surface area contributed by atoms with Crippen molar-refractivity contribution in [3.63, 3.8) is 0 Å². The zero-order chi connectivity index (χ0) is 14.2. The predicted octanol–water partition coefficient (Wildman–Crippen LogP) is 1.71. The highest BCUT2D eigenvalue weighted by Crippen LogP contribution is 2.25. The first kappa shape index (κ1) is 14.1. The van der Waals surface area contributed by atoms with Crippen molar-refractivity contribution in [3.05, 3.63) is 17.1 Å². The van der Waals surface area contributed by atoms with E-state index in [2.05, 4.69) is 14.5 Å². The maximum atomic E-state index is 11.2. The van der Waals surface area contributed by atoms with Gasteiger partial charge in [0.25, 0.3) is 0 Å². The number of imidazole rings is 1. The third-order valence-corrected chi connectivity index (χ3v) is 4.26. The average Bonchev–Trinajstić information content (AvgIpc) is 2.64. The summed E-state index contributed by atoms with van der Waals surface area (Å²) in [6.07, 6.45) is 2.60. The molecule has 0 fully saturated rings. The van der Waals surface area contributed by atoms with E-state index in [1.165, 1.54) is 0 Å². The fourth-order valence-corrected chi connectivity index (χ4v) is 2.85. The molecule has 19 heavy (non-hydrogen) atoms. The Labute approximate surface area is 116 Å². The van der Waals surface area contributed by atoms with Crippen molar-refractivity contribution in [1.29, 1.82) is 0 Å². The highest BCUT2D eigenvalue weighted by Gasteiger charge is 2.15. The molecule has 0 saturated carbocycles. The van der Waals surface area contributed by atoms with Crippen LogP contribution in [0.5, 0.6) is 0 Å². The summed E-state index contributed by atoms with van der Waals surface area (Å²) in [5, 5.41) is 0. The summed E-state index contributed by atoms with van der Waals surface area (Å²) in [6.45, 7) is 6.78. The van der Waals surface area contributed by atoms with Crippen LogP contribution in [0, 0.1) is 20.8 Å². The molecule has 6 heteroatoms. The molecule has 0 bridgehead atoms. The van der Waals surface area contributed by atoms with E-state index in [9.17, 15) is 4.55 Å². The quantitative estimate of drug-likeness (QED) is 0.865. The molecule has 0 aliphatic carbocycles. The Morgan fingerprint density at radius 3 is 2.58 bits per heavy atom. The van der Waals surface area contributed by atoms with Crippen LogP contribution in [0.1, 0.15) is 23.5 Å². The molecule has 104 valence electrons. The van der Waals surface area contributed by atoms with Crippen LogP contribution in [0.25, 0.3) is 11.0 Å². The summed E-state index contributed by atoms with van der Waals surface area (Å²) in [6, 6.07) is 0. The number of nitrogen functional groups attached to an aromatic ring is 1. The maximum Gasteiger partial charge on any atom is 0.151 e. The second-order valence-corrected chi connectivity index (χ2v) is 6.40. The molecule has 0 saturated heterocycles. The SMILES string of the molecule is Cc1nc(N)c2nc(C)n(CCC[S+](C)[O-])c2c1C. The highest BCUT2D eigenvalue weighted by atomic mass is 32.2. The van der Waals surface area contributed by atoms with Gasteiger partial charge in [0.1, 0.15) is 17.1 Å². The van der Waals surface area contributed by atoms with E-state index in [4.69, 9.17) is 5.73 Å². The molecule has 0 aliphatic heterocycles. The number of aromatic nitrogens is 3. The summed E-state index contributed by atoms with van der Waals surface area (Å²) in [5.41, 5.74) is 9.83. The number of hydrogen-bond acceptors (Lipinski definition) is 4. The lowest BCUT2D eigenvalue weighted by atomic mass is 10.2. The van der Waals surface area contributed by atoms with Crippen LogP contribution >= 0.6 is 0 Å². The van der Waals surface area contributed by atoms with Crippen molar-refractivity contribution in [2.45, 2.75) is 33.7 Å². The van der Waals surface area contributed by atoms with E-state index >= 15 is 0 Å². The molecule has 0 amide bonds. The Morgan fingerprint density at radius 2 is 1.95 bits per heavy atom. The van der Waals surface area contributed by atoms with Crippen LogP contribution in [-0.4, -0.2) is 31.1 Å². The predicted molar refractivity (Wildman–Crippen MR) is 79.7 cm³/mol. The number of aryl methyl sites for hydroxylation is 4. The standard InChI is InChI=1S/C13H20N4OS/c1-8-9(2)15-13(14)11-12(8)17(10(3)16-11)6-5-7-19(4)18/h5-7H2,1-4H3,(H2,14,15). The third kappa shape index (κ3) is 2.69. The molecule has 1 atom stereocenters. The van der Waals surface area contributed by atoms with Gasteiger partial charge in [-0.1, -0.05) is 11.2 Å². The fourth-order valence-electron chi connectivity index (χ4n) is 2.31. The van der Waals surface area contributed by atoms with Crippen LogP contribution in [0.15, 0.2) is 0 Å². The van der Waals surface area contributed by atoms with E-state index in [1.807, 2.05) is 20.8 Å². The van der Waals surface area contributed by atoms with Gasteiger partial charge in [0.15, 0.2) is 5.82 Å². The molecule has 5 nitrogen and oxygen atoms in total. The van der Waals surface area contributed by atoms with Gasteiger partial charge < -0.3 is 14.9 Å². The molecule has 2 heterocycles. The van der Waals surface area contributed by atoms with Gasteiger partial charge in [-0.15, -0.1) is 0 Å². The van der Waals surface area contributed by atoms with Gasteiger partial charge in [0, 0.05) is 18.7 Å². The molecule has 2 rings (SSSR count). The normalized spacial score (nSPS) is 13.1. The van der Waals surface area contributed by atoms with Crippen molar-refractivity contribution in [2.24, 2.45) is 0 Å². The van der Waals surface area contributed by atoms with E-state index in [-0.39, 0.29) is 0 Å². The maximum absolute atomic E-state index is 11.2. The van der Waals surface area contributed by atoms with Gasteiger partial charge in [-0.3, -0.25) is 0 Å². The van der Waals surface area contributed by atoms with Gasteiger partial charge in [0.2, 0.25) is 0 Å². The summed E-state index contributed by atoms with van der Waals surface area (Å²) in [4.78, 5) is 8.83. The van der Waals surface area contributed by atoms with Crippen LogP contribution in [0.4, 0.5) is 5.82 Å². The molecule has 0 aliphatic rings. The van der Waals surface area contributed by atoms with Gasteiger partial charge in [-0.25, -0.2) is 9.97 Å². The first-order valence-corrected chi connectivity index (χ1v) is 8.04. The summed E-state index contributed by atoms with van der Waals surface area (Å²) >= 11 is -0.752. The zero-order valence-electron chi connectivity index (χ0n) is 11.9. The summed E-state index contributed by atoms with van der Waals surface area (Å²) in [5.74, 6) is 2.12. The highest BCUT2D eigenvalue weighted by molar-refractivity contribution is 7.90. The minimum Gasteiger partial charge on any atom is -0.617 e. The molecule has 2 N–H and O–H groups in total. The van der Waals surface area contributed by atoms with Gasteiger partial charge in [-0.2, -0.15) is 0 Å². The number of rotatable bonds is 4. The minimum atomic E-state index is -0.752. The second kappa shape index (κ2) is 5.38. The second-order valence-electron chi connectivity index (χ2n) is 4.85. The van der Waals surface area contributed by atoms with Crippen molar-refractivity contribution in [2.75, 3.05) is 17.7 Å². The first-order chi connectivity index (χ1) is 8.91. The molecule has 0 spiro atoms. The number of hydrogen-bond donors (Lipinski definition) is 1. The third-order valence-electron chi connectivity index (χ3n) is 3.40. The van der Waals surface area contributed by atoms with Gasteiger partial charge in [0.05, 0.1) is 11.8 Å². The lowest BCUT2D eigenvalue weighted by molar-refractivity contribution is 0.591. The zero-order valence-corrected chi connectivity index (χ0v) is 12.7. The van der Waals surface area contributed by atoms with Gasteiger partial charge >= 0.3 is 0 Å². The van der Waals surface area contributed by atoms with Crippen LogP contribution in [0.3, 0.4) is 0 Å². The van der Waals surface area contributed by atoms with Crippen LogP contribution in [-0.2, 0) is 17.7 Å². The minimum absolute atomic E-state index is 0.485. The van der Waals surface area contributed by atoms with E-state index < -0.39 is 11.2 Å². The molecule has 0 aromatic carbocycles. The van der Waals surface area contributed by atoms with Crippen molar-refractivity contribution in [1.82, 2.24) is 14.5 Å². The molecule has 2 aromatic rings. The van der Waals surface area contributed by atoms with Gasteiger partial charge in [-0.05, 0) is 26.3 Å². The number of fused-ring (bicyclic) bond motifs is 1. The molecular weight excluding hydrogens is 260 g/mol. The Hall–Kier alpha value is -1.27. The Morgan fingerprint density at radius 1 is 1.26 bits per heavy atom. The van der Waals surface area contributed by atoms with Crippen molar-refractivity contribution >= 4 is 28.0 Å². The number of nitrogens with two attached hydrogens (primary N) is 1.